The van der Waals surface area contributed by atoms with E-state index in [-0.39, 0.29) is 39.0 Å². The molecule has 0 radical (unpaired) electrons. The highest BCUT2D eigenvalue weighted by molar-refractivity contribution is 9.10. The summed E-state index contributed by atoms with van der Waals surface area (Å²) < 4.78 is 40.8. The zero-order chi connectivity index (χ0) is 21.0. The van der Waals surface area contributed by atoms with Gasteiger partial charge < -0.3 is 9.47 Å². The summed E-state index contributed by atoms with van der Waals surface area (Å²) in [7, 11) is 0. The monoisotopic (exact) mass is 489 g/mol. The molecule has 0 aliphatic carbocycles. The molecule has 158 valence electrons. The highest BCUT2D eigenvalue weighted by atomic mass is 79.9. The summed E-state index contributed by atoms with van der Waals surface area (Å²) in [4.78, 5) is 10.8. The smallest absolute Gasteiger partial charge is 0.320 e. The van der Waals surface area contributed by atoms with E-state index in [0.717, 1.165) is 19.4 Å². The number of fused-ring (bicyclic) bond motifs is 2. The normalized spacial score (nSPS) is 24.9. The van der Waals surface area contributed by atoms with Gasteiger partial charge in [-0.05, 0) is 62.2 Å². The molecule has 1 aromatic heterocycles. The second-order valence-corrected chi connectivity index (χ2v) is 9.97. The van der Waals surface area contributed by atoms with Crippen LogP contribution in [0.2, 0.25) is 5.02 Å². The number of ether oxygens (including phenoxy) is 2. The first-order valence-corrected chi connectivity index (χ1v) is 10.8. The maximum Gasteiger partial charge on any atom is 0.320 e. The van der Waals surface area contributed by atoms with Gasteiger partial charge in [-0.25, -0.2) is 8.78 Å². The number of alkyl halides is 1. The molecule has 4 rings (SSSR count). The minimum atomic E-state index is -0.855. The lowest BCUT2D eigenvalue weighted by molar-refractivity contribution is 0.102. The van der Waals surface area contributed by atoms with Crippen molar-refractivity contribution in [2.45, 2.75) is 57.3 Å². The number of aromatic nitrogens is 2. The molecule has 0 bridgehead atoms. The van der Waals surface area contributed by atoms with Crippen molar-refractivity contribution >= 4 is 38.4 Å². The van der Waals surface area contributed by atoms with Gasteiger partial charge in [0.2, 0.25) is 5.88 Å². The van der Waals surface area contributed by atoms with E-state index in [1.807, 2.05) is 20.8 Å². The summed E-state index contributed by atoms with van der Waals surface area (Å²) in [5.74, 6) is -0.412. The van der Waals surface area contributed by atoms with E-state index in [4.69, 9.17) is 21.1 Å². The van der Waals surface area contributed by atoms with Gasteiger partial charge in [0.15, 0.2) is 5.82 Å². The minimum absolute atomic E-state index is 0.00778. The topological polar surface area (TPSA) is 47.5 Å². The Labute approximate surface area is 181 Å². The van der Waals surface area contributed by atoms with E-state index < -0.39 is 17.6 Å². The molecule has 0 amide bonds. The number of nitrogens with zero attached hydrogens (tertiary/aromatic N) is 3. The first-order valence-electron chi connectivity index (χ1n) is 9.64. The first kappa shape index (κ1) is 21.0. The fourth-order valence-corrected chi connectivity index (χ4v) is 4.70. The maximum absolute atomic E-state index is 14.9. The van der Waals surface area contributed by atoms with E-state index in [1.165, 1.54) is 0 Å². The Kier molecular flexibility index (Phi) is 5.40. The molecule has 2 aliphatic heterocycles. The second kappa shape index (κ2) is 7.46. The maximum atomic E-state index is 14.9. The van der Waals surface area contributed by atoms with Crippen molar-refractivity contribution in [1.29, 1.82) is 0 Å². The van der Waals surface area contributed by atoms with Gasteiger partial charge in [0, 0.05) is 13.0 Å². The summed E-state index contributed by atoms with van der Waals surface area (Å²) in [6, 6.07) is 1.57. The van der Waals surface area contributed by atoms with Crippen molar-refractivity contribution in [3.8, 4) is 11.9 Å². The van der Waals surface area contributed by atoms with Crippen molar-refractivity contribution in [3.05, 3.63) is 21.4 Å². The van der Waals surface area contributed by atoms with Gasteiger partial charge in [0.25, 0.3) is 0 Å². The number of halogens is 4. The van der Waals surface area contributed by atoms with Crippen LogP contribution in [-0.2, 0) is 0 Å². The van der Waals surface area contributed by atoms with Gasteiger partial charge in [0.1, 0.15) is 23.9 Å². The van der Waals surface area contributed by atoms with Gasteiger partial charge in [0.05, 0.1) is 20.4 Å². The summed E-state index contributed by atoms with van der Waals surface area (Å²) >= 11 is 9.28. The molecule has 0 saturated carbocycles. The molecule has 0 unspecified atom stereocenters. The van der Waals surface area contributed by atoms with Crippen molar-refractivity contribution in [2.24, 2.45) is 0 Å². The highest BCUT2D eigenvalue weighted by Gasteiger charge is 2.49. The molecule has 0 N–H and O–H groups in total. The van der Waals surface area contributed by atoms with Crippen molar-refractivity contribution in [3.63, 3.8) is 0 Å². The summed E-state index contributed by atoms with van der Waals surface area (Å²) in [5, 5.41) is 0.565. The van der Waals surface area contributed by atoms with Crippen LogP contribution in [0, 0.1) is 5.82 Å². The fourth-order valence-electron chi connectivity index (χ4n) is 4.21. The predicted octanol–water partition coefficient (Wildman–Crippen LogP) is 5.32. The lowest BCUT2D eigenvalue weighted by Crippen LogP contribution is -2.43. The van der Waals surface area contributed by atoms with E-state index in [2.05, 4.69) is 30.8 Å². The van der Waals surface area contributed by atoms with Crippen molar-refractivity contribution in [2.75, 3.05) is 19.7 Å². The molecule has 5 nitrogen and oxygen atoms in total. The third-order valence-corrected chi connectivity index (χ3v) is 6.71. The van der Waals surface area contributed by atoms with Crippen LogP contribution in [-0.4, -0.2) is 51.9 Å². The molecule has 2 aliphatic rings. The molecule has 2 aromatic rings. The van der Waals surface area contributed by atoms with Gasteiger partial charge >= 0.3 is 6.01 Å². The van der Waals surface area contributed by atoms with Crippen molar-refractivity contribution < 1.29 is 18.3 Å². The molecule has 2 atom stereocenters. The van der Waals surface area contributed by atoms with Gasteiger partial charge in [-0.1, -0.05) is 11.6 Å². The summed E-state index contributed by atoms with van der Waals surface area (Å²) in [5.41, 5.74) is -0.856. The molecule has 3 heterocycles. The summed E-state index contributed by atoms with van der Waals surface area (Å²) in [6.07, 6.45) is 1.45. The predicted molar refractivity (Wildman–Crippen MR) is 111 cm³/mol. The Bertz CT molecular complexity index is 956. The average Bonchev–Trinajstić information content (AvgIpc) is 3.13. The second-order valence-electron chi connectivity index (χ2n) is 8.77. The van der Waals surface area contributed by atoms with E-state index >= 15 is 0 Å². The van der Waals surface area contributed by atoms with Crippen LogP contribution in [0.3, 0.4) is 0 Å². The van der Waals surface area contributed by atoms with E-state index in [0.29, 0.717) is 18.4 Å². The van der Waals surface area contributed by atoms with Crippen LogP contribution < -0.4 is 9.47 Å². The number of benzene rings is 1. The SMILES string of the molecule is CC(C)(C)Oc1nc(OC[C@@]23CCCN2C[C@H](F)C3)nc2c(F)c(Br)c(Cl)cc12. The molecule has 0 spiro atoms. The van der Waals surface area contributed by atoms with Crippen LogP contribution in [0.25, 0.3) is 10.9 Å². The lowest BCUT2D eigenvalue weighted by Gasteiger charge is -2.31. The molecular formula is C20H23BrClF2N3O2. The van der Waals surface area contributed by atoms with E-state index in [9.17, 15) is 8.78 Å². The summed E-state index contributed by atoms with van der Waals surface area (Å²) in [6.45, 7) is 7.15. The minimum Gasteiger partial charge on any atom is -0.471 e. The van der Waals surface area contributed by atoms with Gasteiger partial charge in [-0.15, -0.1) is 0 Å². The number of hydrogen-bond acceptors (Lipinski definition) is 5. The van der Waals surface area contributed by atoms with Gasteiger partial charge in [-0.3, -0.25) is 4.90 Å². The Hall–Kier alpha value is -1.25. The van der Waals surface area contributed by atoms with Gasteiger partial charge in [-0.2, -0.15) is 9.97 Å². The molecule has 1 aromatic carbocycles. The van der Waals surface area contributed by atoms with Crippen LogP contribution >= 0.6 is 27.5 Å². The molecule has 2 saturated heterocycles. The van der Waals surface area contributed by atoms with Crippen LogP contribution in [0.1, 0.15) is 40.0 Å². The zero-order valence-corrected chi connectivity index (χ0v) is 18.9. The Morgan fingerprint density at radius 2 is 2.14 bits per heavy atom. The van der Waals surface area contributed by atoms with E-state index in [1.54, 1.807) is 6.07 Å². The molecule has 2 fully saturated rings. The lowest BCUT2D eigenvalue weighted by atomic mass is 9.95. The van der Waals surface area contributed by atoms with Crippen LogP contribution in [0.4, 0.5) is 8.78 Å². The standard InChI is InChI=1S/C20H23BrClF2N3O2/c1-19(2,3)29-17-12-7-13(22)14(21)15(24)16(12)25-18(26-17)28-10-20-5-4-6-27(20)9-11(23)8-20/h7,11H,4-6,8-10H2,1-3H3/t11-,20+/m1/s1. The molecule has 29 heavy (non-hydrogen) atoms. The molecule has 9 heteroatoms. The quantitative estimate of drug-likeness (QED) is 0.543. The van der Waals surface area contributed by atoms with Crippen LogP contribution in [0.15, 0.2) is 10.5 Å². The third-order valence-electron chi connectivity index (χ3n) is 5.41. The number of hydrogen-bond donors (Lipinski definition) is 0. The van der Waals surface area contributed by atoms with Crippen molar-refractivity contribution in [1.82, 2.24) is 14.9 Å². The zero-order valence-electron chi connectivity index (χ0n) is 16.6. The fraction of sp³-hybridized carbons (Fsp3) is 0.600. The number of rotatable bonds is 4. The Morgan fingerprint density at radius 1 is 1.38 bits per heavy atom. The third kappa shape index (κ3) is 4.03. The average molecular weight is 491 g/mol. The first-order chi connectivity index (χ1) is 13.6. The Balaban J connectivity index is 1.71. The highest BCUT2D eigenvalue weighted by Crippen LogP contribution is 2.41. The molecular weight excluding hydrogens is 468 g/mol. The largest absolute Gasteiger partial charge is 0.471 e. The van der Waals surface area contributed by atoms with Crippen LogP contribution in [0.5, 0.6) is 11.9 Å². The Morgan fingerprint density at radius 3 is 2.86 bits per heavy atom.